The van der Waals surface area contributed by atoms with Crippen molar-refractivity contribution in [2.75, 3.05) is 5.73 Å². The summed E-state index contributed by atoms with van der Waals surface area (Å²) in [4.78, 5) is 4.82. The van der Waals surface area contributed by atoms with Crippen LogP contribution in [0.3, 0.4) is 0 Å². The summed E-state index contributed by atoms with van der Waals surface area (Å²) in [5.74, 6) is 0.936. The molecule has 0 saturated carbocycles. The van der Waals surface area contributed by atoms with E-state index in [2.05, 4.69) is 10.6 Å². The molecule has 0 bridgehead atoms. The highest BCUT2D eigenvalue weighted by Crippen LogP contribution is 2.26. The van der Waals surface area contributed by atoms with Crippen molar-refractivity contribution in [2.45, 2.75) is 6.54 Å². The van der Waals surface area contributed by atoms with Gasteiger partial charge in [0.15, 0.2) is 0 Å². The van der Waals surface area contributed by atoms with Gasteiger partial charge in [0.2, 0.25) is 0 Å². The SMILES string of the molecule is Nc1ccc(-c2nc3ccccc3n2Cc2ccc(Cl)cc2)cc1. The van der Waals surface area contributed by atoms with Crippen molar-refractivity contribution in [1.29, 1.82) is 0 Å². The number of halogens is 1. The van der Waals surface area contributed by atoms with Crippen LogP contribution in [-0.4, -0.2) is 9.55 Å². The molecular formula is C20H16ClN3. The van der Waals surface area contributed by atoms with E-state index in [1.165, 1.54) is 5.56 Å². The Morgan fingerprint density at radius 2 is 1.58 bits per heavy atom. The number of fused-ring (bicyclic) bond motifs is 1. The Morgan fingerprint density at radius 1 is 0.875 bits per heavy atom. The monoisotopic (exact) mass is 333 g/mol. The van der Waals surface area contributed by atoms with Crippen LogP contribution in [0.25, 0.3) is 22.4 Å². The lowest BCUT2D eigenvalue weighted by atomic mass is 10.2. The van der Waals surface area contributed by atoms with Crippen molar-refractivity contribution in [3.05, 3.63) is 83.4 Å². The average Bonchev–Trinajstić information content (AvgIpc) is 2.96. The van der Waals surface area contributed by atoms with Gasteiger partial charge in [0.05, 0.1) is 11.0 Å². The van der Waals surface area contributed by atoms with E-state index in [0.717, 1.165) is 39.7 Å². The summed E-state index contributed by atoms with van der Waals surface area (Å²) in [7, 11) is 0. The quantitative estimate of drug-likeness (QED) is 0.537. The summed E-state index contributed by atoms with van der Waals surface area (Å²) in [6, 6.07) is 23.9. The van der Waals surface area contributed by atoms with Gasteiger partial charge < -0.3 is 10.3 Å². The van der Waals surface area contributed by atoms with Crippen LogP contribution >= 0.6 is 11.6 Å². The zero-order valence-electron chi connectivity index (χ0n) is 13.0. The highest BCUT2D eigenvalue weighted by atomic mass is 35.5. The average molecular weight is 334 g/mol. The lowest BCUT2D eigenvalue weighted by Crippen LogP contribution is -2.02. The van der Waals surface area contributed by atoms with Gasteiger partial charge >= 0.3 is 0 Å². The first-order valence-electron chi connectivity index (χ1n) is 7.76. The number of anilines is 1. The van der Waals surface area contributed by atoms with E-state index in [-0.39, 0.29) is 0 Å². The van der Waals surface area contributed by atoms with Crippen molar-refractivity contribution in [3.63, 3.8) is 0 Å². The number of nitrogens with two attached hydrogens (primary N) is 1. The van der Waals surface area contributed by atoms with E-state index in [1.54, 1.807) is 0 Å². The Bertz CT molecular complexity index is 986. The van der Waals surface area contributed by atoms with Gasteiger partial charge in [0.25, 0.3) is 0 Å². The lowest BCUT2D eigenvalue weighted by molar-refractivity contribution is 0.834. The molecule has 0 spiro atoms. The first-order chi connectivity index (χ1) is 11.7. The normalized spacial score (nSPS) is 11.0. The van der Waals surface area contributed by atoms with Gasteiger partial charge in [-0.2, -0.15) is 0 Å². The van der Waals surface area contributed by atoms with Crippen LogP contribution in [0.1, 0.15) is 5.56 Å². The number of para-hydroxylation sites is 2. The van der Waals surface area contributed by atoms with Gasteiger partial charge in [0.1, 0.15) is 5.82 Å². The Morgan fingerprint density at radius 3 is 2.33 bits per heavy atom. The van der Waals surface area contributed by atoms with Gasteiger partial charge in [-0.3, -0.25) is 0 Å². The van der Waals surface area contributed by atoms with Gasteiger partial charge in [0, 0.05) is 22.8 Å². The zero-order valence-corrected chi connectivity index (χ0v) is 13.7. The van der Waals surface area contributed by atoms with Crippen LogP contribution < -0.4 is 5.73 Å². The van der Waals surface area contributed by atoms with Crippen molar-refractivity contribution in [2.24, 2.45) is 0 Å². The van der Waals surface area contributed by atoms with Crippen molar-refractivity contribution in [3.8, 4) is 11.4 Å². The van der Waals surface area contributed by atoms with E-state index in [1.807, 2.05) is 66.7 Å². The van der Waals surface area contributed by atoms with Gasteiger partial charge in [-0.15, -0.1) is 0 Å². The number of hydrogen-bond acceptors (Lipinski definition) is 2. The van der Waals surface area contributed by atoms with E-state index in [0.29, 0.717) is 0 Å². The van der Waals surface area contributed by atoms with Crippen LogP contribution in [0.5, 0.6) is 0 Å². The number of aromatic nitrogens is 2. The first-order valence-corrected chi connectivity index (χ1v) is 8.14. The third-order valence-electron chi connectivity index (χ3n) is 4.08. The molecule has 2 N–H and O–H groups in total. The molecule has 0 aliphatic rings. The molecule has 0 radical (unpaired) electrons. The van der Waals surface area contributed by atoms with Gasteiger partial charge in [-0.1, -0.05) is 35.9 Å². The number of nitrogen functional groups attached to an aromatic ring is 1. The third kappa shape index (κ3) is 2.74. The molecule has 0 fully saturated rings. The number of rotatable bonds is 3. The summed E-state index contributed by atoms with van der Waals surface area (Å²) in [6.07, 6.45) is 0. The second-order valence-electron chi connectivity index (χ2n) is 5.76. The Balaban J connectivity index is 1.86. The lowest BCUT2D eigenvalue weighted by Gasteiger charge is -2.10. The predicted octanol–water partition coefficient (Wildman–Crippen LogP) is 4.99. The van der Waals surface area contributed by atoms with Crippen LogP contribution in [0.2, 0.25) is 5.02 Å². The van der Waals surface area contributed by atoms with Crippen LogP contribution in [0.15, 0.2) is 72.8 Å². The van der Waals surface area contributed by atoms with E-state index in [9.17, 15) is 0 Å². The largest absolute Gasteiger partial charge is 0.399 e. The van der Waals surface area contributed by atoms with Gasteiger partial charge in [-0.25, -0.2) is 4.98 Å². The molecule has 3 aromatic carbocycles. The van der Waals surface area contributed by atoms with E-state index in [4.69, 9.17) is 22.3 Å². The maximum absolute atomic E-state index is 6.00. The van der Waals surface area contributed by atoms with Crippen LogP contribution in [-0.2, 0) is 6.54 Å². The smallest absolute Gasteiger partial charge is 0.141 e. The van der Waals surface area contributed by atoms with E-state index < -0.39 is 0 Å². The number of nitrogens with zero attached hydrogens (tertiary/aromatic N) is 2. The third-order valence-corrected chi connectivity index (χ3v) is 4.33. The standard InChI is InChI=1S/C20H16ClN3/c21-16-9-5-14(6-10-16)13-24-19-4-2-1-3-18(19)23-20(24)15-7-11-17(22)12-8-15/h1-12H,13,22H2. The zero-order chi connectivity index (χ0) is 16.5. The Hall–Kier alpha value is -2.78. The van der Waals surface area contributed by atoms with Gasteiger partial charge in [-0.05, 0) is 54.1 Å². The molecule has 4 rings (SSSR count). The van der Waals surface area contributed by atoms with Crippen molar-refractivity contribution in [1.82, 2.24) is 9.55 Å². The molecule has 0 aliphatic carbocycles. The molecule has 1 aromatic heterocycles. The van der Waals surface area contributed by atoms with Crippen molar-refractivity contribution < 1.29 is 0 Å². The number of imidazole rings is 1. The molecule has 0 saturated heterocycles. The summed E-state index contributed by atoms with van der Waals surface area (Å²) in [6.45, 7) is 0.734. The predicted molar refractivity (Wildman–Crippen MR) is 100 cm³/mol. The summed E-state index contributed by atoms with van der Waals surface area (Å²) < 4.78 is 2.23. The molecule has 4 heteroatoms. The molecule has 0 atom stereocenters. The van der Waals surface area contributed by atoms with E-state index >= 15 is 0 Å². The summed E-state index contributed by atoms with van der Waals surface area (Å²) >= 11 is 6.00. The highest BCUT2D eigenvalue weighted by molar-refractivity contribution is 6.30. The molecule has 0 amide bonds. The molecular weight excluding hydrogens is 318 g/mol. The van der Waals surface area contributed by atoms with Crippen LogP contribution in [0.4, 0.5) is 5.69 Å². The molecule has 1 heterocycles. The number of hydrogen-bond donors (Lipinski definition) is 1. The van der Waals surface area contributed by atoms with Crippen molar-refractivity contribution >= 4 is 28.3 Å². The Labute approximate surface area is 145 Å². The number of benzene rings is 3. The highest BCUT2D eigenvalue weighted by Gasteiger charge is 2.12. The Kier molecular flexibility index (Phi) is 3.71. The minimum atomic E-state index is 0.734. The molecule has 4 aromatic rings. The molecule has 118 valence electrons. The minimum absolute atomic E-state index is 0.734. The second kappa shape index (κ2) is 6.02. The maximum atomic E-state index is 6.00. The van der Waals surface area contributed by atoms with Crippen LogP contribution in [0, 0.1) is 0 Å². The summed E-state index contributed by atoms with van der Waals surface area (Å²) in [5, 5.41) is 0.744. The first kappa shape index (κ1) is 14.8. The molecule has 3 nitrogen and oxygen atoms in total. The summed E-state index contributed by atoms with van der Waals surface area (Å²) in [5.41, 5.74) is 10.9. The fourth-order valence-electron chi connectivity index (χ4n) is 2.86. The molecule has 0 unspecified atom stereocenters. The molecule has 0 aliphatic heterocycles. The molecule has 24 heavy (non-hydrogen) atoms. The fraction of sp³-hybridized carbons (Fsp3) is 0.0500. The minimum Gasteiger partial charge on any atom is -0.399 e. The fourth-order valence-corrected chi connectivity index (χ4v) is 2.99. The maximum Gasteiger partial charge on any atom is 0.141 e. The second-order valence-corrected chi connectivity index (χ2v) is 6.20. The topological polar surface area (TPSA) is 43.8 Å².